The highest BCUT2D eigenvalue weighted by molar-refractivity contribution is 7.90. The van der Waals surface area contributed by atoms with Gasteiger partial charge in [-0.05, 0) is 38.0 Å². The van der Waals surface area contributed by atoms with E-state index >= 15 is 0 Å². The van der Waals surface area contributed by atoms with Gasteiger partial charge in [0.25, 0.3) is 5.88 Å². The lowest BCUT2D eigenvalue weighted by atomic mass is 9.92. The van der Waals surface area contributed by atoms with E-state index in [0.29, 0.717) is 47.5 Å². The number of aryl methyl sites for hydroxylation is 1. The van der Waals surface area contributed by atoms with Crippen molar-refractivity contribution < 1.29 is 40.2 Å². The van der Waals surface area contributed by atoms with Gasteiger partial charge in [0, 0.05) is 41.4 Å². The summed E-state index contributed by atoms with van der Waals surface area (Å²) in [5.74, 6) is -2.06. The van der Waals surface area contributed by atoms with Crippen molar-refractivity contribution in [3.05, 3.63) is 53.7 Å². The van der Waals surface area contributed by atoms with Gasteiger partial charge in [0.05, 0.1) is 36.9 Å². The van der Waals surface area contributed by atoms with E-state index in [-0.39, 0.29) is 24.1 Å². The van der Waals surface area contributed by atoms with Gasteiger partial charge in [-0.2, -0.15) is 18.3 Å². The van der Waals surface area contributed by atoms with Crippen LogP contribution in [0, 0.1) is 5.82 Å². The normalized spacial score (nSPS) is 15.8. The Labute approximate surface area is 215 Å². The van der Waals surface area contributed by atoms with E-state index in [1.54, 1.807) is 18.3 Å². The van der Waals surface area contributed by atoms with Crippen LogP contribution in [0.5, 0.6) is 11.6 Å². The van der Waals surface area contributed by atoms with Gasteiger partial charge in [-0.3, -0.25) is 9.58 Å². The number of methoxy groups -OCH3 is 1. The Morgan fingerprint density at radius 1 is 1.24 bits per heavy atom. The van der Waals surface area contributed by atoms with Crippen LogP contribution < -0.4 is 9.64 Å². The number of alkyl halides is 3. The fraction of sp³-hybridized carbons (Fsp3) is 0.375. The molecule has 14 heteroatoms. The van der Waals surface area contributed by atoms with Gasteiger partial charge in [0.2, 0.25) is 0 Å². The molecule has 0 saturated heterocycles. The average molecular weight is 557 g/mol. The summed E-state index contributed by atoms with van der Waals surface area (Å²) in [6.45, 7) is 1.92. The Balaban J connectivity index is 1.82. The van der Waals surface area contributed by atoms with Crippen LogP contribution in [0.4, 0.5) is 28.0 Å². The van der Waals surface area contributed by atoms with Crippen LogP contribution in [0.25, 0.3) is 11.1 Å². The molecular weight excluding hydrogens is 532 g/mol. The van der Waals surface area contributed by atoms with Crippen LogP contribution in [0.2, 0.25) is 0 Å². The zero-order valence-corrected chi connectivity index (χ0v) is 21.4. The van der Waals surface area contributed by atoms with E-state index in [1.807, 2.05) is 6.92 Å². The van der Waals surface area contributed by atoms with Crippen molar-refractivity contribution in [3.63, 3.8) is 0 Å². The molecule has 0 radical (unpaired) electrons. The molecule has 2 aromatic heterocycles. The molecule has 1 aromatic carbocycles. The first-order valence-corrected chi connectivity index (χ1v) is 13.5. The number of anilines is 1. The summed E-state index contributed by atoms with van der Waals surface area (Å²) in [6.07, 6.45) is 0.0876. The number of amides is 1. The smallest absolute Gasteiger partial charge is 0.417 e. The predicted octanol–water partition coefficient (Wildman–Crippen LogP) is 4.85. The summed E-state index contributed by atoms with van der Waals surface area (Å²) in [4.78, 5) is 17.5. The Kier molecular flexibility index (Phi) is 7.37. The molecule has 1 amide bonds. The minimum atomic E-state index is -4.79. The second-order valence-corrected chi connectivity index (χ2v) is 11.2. The standard InChI is InChI=1S/C24H24F4N4O5S/c1-14-4-5-18-20(32(14)23(33)36-2)7-6-17(15-11-30-31(13-15)8-9-38(3,34)35)21(18)37-22-19(25)10-16(12-29-22)24(26,27)28/h6-7,10-14H,4-5,8-9H2,1-3H3/t14-/m0/s1. The predicted molar refractivity (Wildman–Crippen MR) is 129 cm³/mol. The van der Waals surface area contributed by atoms with Crippen LogP contribution in [0.1, 0.15) is 24.5 Å². The maximum absolute atomic E-state index is 14.7. The zero-order valence-electron chi connectivity index (χ0n) is 20.6. The third-order valence-electron chi connectivity index (χ3n) is 6.09. The van der Waals surface area contributed by atoms with Crippen LogP contribution >= 0.6 is 0 Å². The number of hydrogen-bond acceptors (Lipinski definition) is 7. The number of hydrogen-bond donors (Lipinski definition) is 0. The van der Waals surface area contributed by atoms with E-state index in [9.17, 15) is 30.8 Å². The summed E-state index contributed by atoms with van der Waals surface area (Å²) in [5.41, 5.74) is 0.541. The Morgan fingerprint density at radius 2 is 1.97 bits per heavy atom. The largest absolute Gasteiger partial charge is 0.452 e. The molecule has 0 bridgehead atoms. The molecule has 204 valence electrons. The number of aromatic nitrogens is 3. The highest BCUT2D eigenvalue weighted by Gasteiger charge is 2.34. The number of halogens is 4. The summed E-state index contributed by atoms with van der Waals surface area (Å²) >= 11 is 0. The highest BCUT2D eigenvalue weighted by atomic mass is 32.2. The lowest BCUT2D eigenvalue weighted by Gasteiger charge is -2.35. The number of ether oxygens (including phenoxy) is 2. The zero-order chi connectivity index (χ0) is 27.8. The van der Waals surface area contributed by atoms with E-state index < -0.39 is 39.4 Å². The molecule has 0 N–H and O–H groups in total. The topological polar surface area (TPSA) is 104 Å². The van der Waals surface area contributed by atoms with Crippen LogP contribution in [-0.2, 0) is 33.7 Å². The minimum absolute atomic E-state index is 0.0807. The molecule has 0 aliphatic carbocycles. The highest BCUT2D eigenvalue weighted by Crippen LogP contribution is 2.45. The molecule has 9 nitrogen and oxygen atoms in total. The molecule has 0 saturated carbocycles. The first-order valence-electron chi connectivity index (χ1n) is 11.4. The lowest BCUT2D eigenvalue weighted by Crippen LogP contribution is -2.42. The molecule has 1 atom stereocenters. The summed E-state index contributed by atoms with van der Waals surface area (Å²) in [5, 5.41) is 4.18. The summed E-state index contributed by atoms with van der Waals surface area (Å²) in [7, 11) is -2.01. The molecule has 3 heterocycles. The number of pyridine rings is 1. The number of rotatable bonds is 6. The van der Waals surface area contributed by atoms with Crippen molar-refractivity contribution in [3.8, 4) is 22.8 Å². The summed E-state index contributed by atoms with van der Waals surface area (Å²) in [6, 6.07) is 3.33. The minimum Gasteiger partial charge on any atom is -0.452 e. The van der Waals surface area contributed by atoms with Gasteiger partial charge >= 0.3 is 12.3 Å². The maximum Gasteiger partial charge on any atom is 0.417 e. The number of fused-ring (bicyclic) bond motifs is 1. The SMILES string of the molecule is COC(=O)N1c2ccc(-c3cnn(CCS(C)(=O)=O)c3)c(Oc3ncc(C(F)(F)F)cc3F)c2CC[C@@H]1C. The number of carbonyl (C=O) groups excluding carboxylic acids is 1. The Morgan fingerprint density at radius 3 is 2.61 bits per heavy atom. The number of carbonyl (C=O) groups is 1. The van der Waals surface area contributed by atoms with E-state index in [4.69, 9.17) is 9.47 Å². The van der Waals surface area contributed by atoms with Gasteiger partial charge in [0.1, 0.15) is 15.6 Å². The van der Waals surface area contributed by atoms with Crippen molar-refractivity contribution in [2.45, 2.75) is 38.5 Å². The fourth-order valence-corrected chi connectivity index (χ4v) is 4.68. The van der Waals surface area contributed by atoms with Crippen LogP contribution in [0.15, 0.2) is 36.8 Å². The third-order valence-corrected chi connectivity index (χ3v) is 7.01. The molecule has 3 aromatic rings. The Hall–Kier alpha value is -3.68. The number of benzene rings is 1. The molecule has 0 unspecified atom stereocenters. The number of nitrogens with zero attached hydrogens (tertiary/aromatic N) is 4. The van der Waals surface area contributed by atoms with Crippen LogP contribution in [0.3, 0.4) is 0 Å². The molecule has 1 aliphatic heterocycles. The monoisotopic (exact) mass is 556 g/mol. The van der Waals surface area contributed by atoms with Crippen LogP contribution in [-0.4, -0.2) is 54.4 Å². The van der Waals surface area contributed by atoms with Gasteiger partial charge in [0.15, 0.2) is 5.82 Å². The second-order valence-electron chi connectivity index (χ2n) is 8.90. The Bertz CT molecular complexity index is 1470. The maximum atomic E-state index is 14.7. The summed E-state index contributed by atoms with van der Waals surface area (Å²) < 4.78 is 89.0. The van der Waals surface area contributed by atoms with Crippen molar-refractivity contribution >= 4 is 21.6 Å². The van der Waals surface area contributed by atoms with Gasteiger partial charge < -0.3 is 9.47 Å². The van der Waals surface area contributed by atoms with Gasteiger partial charge in [-0.25, -0.2) is 22.6 Å². The second kappa shape index (κ2) is 10.2. The molecular formula is C24H24F4N4O5S. The molecule has 1 aliphatic rings. The number of sulfone groups is 1. The molecule has 4 rings (SSSR count). The van der Waals surface area contributed by atoms with E-state index in [0.717, 1.165) is 6.26 Å². The first-order chi connectivity index (χ1) is 17.8. The van der Waals surface area contributed by atoms with Crippen molar-refractivity contribution in [1.82, 2.24) is 14.8 Å². The van der Waals surface area contributed by atoms with E-state index in [2.05, 4.69) is 10.1 Å². The van der Waals surface area contributed by atoms with Crippen molar-refractivity contribution in [2.75, 3.05) is 24.0 Å². The molecule has 0 spiro atoms. The average Bonchev–Trinajstić information content (AvgIpc) is 3.31. The van der Waals surface area contributed by atoms with Crippen molar-refractivity contribution in [1.29, 1.82) is 0 Å². The van der Waals surface area contributed by atoms with E-state index in [1.165, 1.54) is 22.9 Å². The first kappa shape index (κ1) is 27.4. The quantitative estimate of drug-likeness (QED) is 0.400. The van der Waals surface area contributed by atoms with Crippen molar-refractivity contribution in [2.24, 2.45) is 0 Å². The van der Waals surface area contributed by atoms with Gasteiger partial charge in [-0.1, -0.05) is 0 Å². The molecule has 0 fully saturated rings. The fourth-order valence-electron chi connectivity index (χ4n) is 4.16. The van der Waals surface area contributed by atoms with Gasteiger partial charge in [-0.15, -0.1) is 0 Å². The lowest BCUT2D eigenvalue weighted by molar-refractivity contribution is -0.138. The molecule has 38 heavy (non-hydrogen) atoms. The third kappa shape index (κ3) is 5.74.